The number of nitrogens with one attached hydrogen (secondary N) is 1. The van der Waals surface area contributed by atoms with Gasteiger partial charge in [0.15, 0.2) is 0 Å². The Balaban J connectivity index is 3.83. The Kier molecular flexibility index (Phi) is 9.37. The fourth-order valence-electron chi connectivity index (χ4n) is 1.40. The number of thioether (sulfide) groups is 1. The van der Waals surface area contributed by atoms with Gasteiger partial charge in [-0.3, -0.25) is 0 Å². The first-order valence-electron chi connectivity index (χ1n) is 6.44. The van der Waals surface area contributed by atoms with E-state index >= 15 is 0 Å². The lowest BCUT2D eigenvalue weighted by atomic mass is 10.2. The van der Waals surface area contributed by atoms with Gasteiger partial charge in [-0.2, -0.15) is 11.8 Å². The fourth-order valence-corrected chi connectivity index (χ4v) is 3.43. The van der Waals surface area contributed by atoms with Crippen molar-refractivity contribution in [3.63, 3.8) is 0 Å². The molecule has 0 aliphatic heterocycles. The van der Waals surface area contributed by atoms with Crippen molar-refractivity contribution in [1.29, 1.82) is 0 Å². The molecule has 2 atom stereocenters. The summed E-state index contributed by atoms with van der Waals surface area (Å²) in [6.07, 6.45) is 2.90. The van der Waals surface area contributed by atoms with Gasteiger partial charge in [0.1, 0.15) is 9.84 Å². The topological polar surface area (TPSA) is 46.2 Å². The first-order valence-corrected chi connectivity index (χ1v) is 9.31. The molecule has 1 N–H and O–H groups in total. The van der Waals surface area contributed by atoms with Crippen molar-refractivity contribution in [2.75, 3.05) is 24.3 Å². The average Bonchev–Trinajstić information content (AvgIpc) is 2.32. The molecule has 0 aliphatic rings. The van der Waals surface area contributed by atoms with Crippen LogP contribution in [0, 0.1) is 0 Å². The normalized spacial score (nSPS) is 15.8. The first-order chi connectivity index (χ1) is 7.95. The highest BCUT2D eigenvalue weighted by Crippen LogP contribution is 2.16. The van der Waals surface area contributed by atoms with Crippen molar-refractivity contribution < 1.29 is 8.42 Å². The van der Waals surface area contributed by atoms with Gasteiger partial charge >= 0.3 is 0 Å². The molecular formula is C12H27NO2S2. The first kappa shape index (κ1) is 17.3. The summed E-state index contributed by atoms with van der Waals surface area (Å²) in [5.74, 6) is 1.66. The minimum Gasteiger partial charge on any atom is -0.316 e. The molecule has 0 heterocycles. The Morgan fingerprint density at radius 1 is 1.29 bits per heavy atom. The van der Waals surface area contributed by atoms with Crippen LogP contribution in [0.5, 0.6) is 0 Å². The van der Waals surface area contributed by atoms with Gasteiger partial charge in [0.05, 0.1) is 5.75 Å². The third-order valence-corrected chi connectivity index (χ3v) is 6.30. The maximum atomic E-state index is 11.4. The summed E-state index contributed by atoms with van der Waals surface area (Å²) in [7, 11) is -0.839. The maximum Gasteiger partial charge on any atom is 0.150 e. The molecule has 0 spiro atoms. The minimum absolute atomic E-state index is 0.263. The summed E-state index contributed by atoms with van der Waals surface area (Å²) in [6.45, 7) is 6.14. The third-order valence-electron chi connectivity index (χ3n) is 3.01. The van der Waals surface area contributed by atoms with Crippen molar-refractivity contribution in [2.45, 2.75) is 51.3 Å². The zero-order valence-corrected chi connectivity index (χ0v) is 13.2. The number of sulfone groups is 1. The third kappa shape index (κ3) is 8.91. The quantitative estimate of drug-likeness (QED) is 0.667. The lowest BCUT2D eigenvalue weighted by Crippen LogP contribution is -2.29. The fraction of sp³-hybridized carbons (Fsp3) is 1.00. The largest absolute Gasteiger partial charge is 0.316 e. The SMILES string of the molecule is CCC(C)SCC(CCCS(=O)(=O)CC)NC. The smallest absolute Gasteiger partial charge is 0.150 e. The van der Waals surface area contributed by atoms with Crippen molar-refractivity contribution in [3.8, 4) is 0 Å². The van der Waals surface area contributed by atoms with E-state index in [1.165, 1.54) is 6.42 Å². The van der Waals surface area contributed by atoms with Crippen LogP contribution in [0.2, 0.25) is 0 Å². The molecule has 5 heteroatoms. The van der Waals surface area contributed by atoms with Crippen molar-refractivity contribution >= 4 is 21.6 Å². The van der Waals surface area contributed by atoms with Crippen LogP contribution in [0.1, 0.15) is 40.0 Å². The molecule has 0 aliphatic carbocycles. The van der Waals surface area contributed by atoms with E-state index in [-0.39, 0.29) is 5.75 Å². The summed E-state index contributed by atoms with van der Waals surface area (Å²) in [5, 5.41) is 3.96. The van der Waals surface area contributed by atoms with Crippen LogP contribution in [0.3, 0.4) is 0 Å². The van der Waals surface area contributed by atoms with Gasteiger partial charge < -0.3 is 5.32 Å². The highest BCUT2D eigenvalue weighted by atomic mass is 32.2. The predicted octanol–water partition coefficient (Wildman–Crippen LogP) is 2.32. The van der Waals surface area contributed by atoms with E-state index < -0.39 is 9.84 Å². The van der Waals surface area contributed by atoms with E-state index in [1.54, 1.807) is 6.92 Å². The summed E-state index contributed by atoms with van der Waals surface area (Å²) in [5.41, 5.74) is 0. The molecule has 2 unspecified atom stereocenters. The van der Waals surface area contributed by atoms with Gasteiger partial charge in [-0.15, -0.1) is 0 Å². The molecule has 0 aromatic heterocycles. The van der Waals surface area contributed by atoms with Crippen LogP contribution in [0.25, 0.3) is 0 Å². The lowest BCUT2D eigenvalue weighted by Gasteiger charge is -2.17. The van der Waals surface area contributed by atoms with Crippen LogP contribution in [0.15, 0.2) is 0 Å². The lowest BCUT2D eigenvalue weighted by molar-refractivity contribution is 0.554. The average molecular weight is 281 g/mol. The van der Waals surface area contributed by atoms with E-state index in [4.69, 9.17) is 0 Å². The number of rotatable bonds is 10. The summed E-state index contributed by atoms with van der Waals surface area (Å²) in [4.78, 5) is 0. The van der Waals surface area contributed by atoms with Crippen LogP contribution >= 0.6 is 11.8 Å². The van der Waals surface area contributed by atoms with E-state index in [9.17, 15) is 8.42 Å². The van der Waals surface area contributed by atoms with E-state index in [0.717, 1.165) is 18.6 Å². The zero-order chi connectivity index (χ0) is 13.3. The molecule has 104 valence electrons. The number of hydrogen-bond acceptors (Lipinski definition) is 4. The van der Waals surface area contributed by atoms with Gasteiger partial charge in [-0.25, -0.2) is 8.42 Å². The molecular weight excluding hydrogens is 254 g/mol. The van der Waals surface area contributed by atoms with E-state index in [1.807, 2.05) is 18.8 Å². The second kappa shape index (κ2) is 9.22. The molecule has 0 aromatic rings. The van der Waals surface area contributed by atoms with Gasteiger partial charge in [-0.05, 0) is 26.3 Å². The molecule has 0 amide bonds. The minimum atomic E-state index is -2.79. The van der Waals surface area contributed by atoms with E-state index in [2.05, 4.69) is 19.2 Å². The Labute approximate surface area is 111 Å². The van der Waals surface area contributed by atoms with Crippen LogP contribution in [0.4, 0.5) is 0 Å². The molecule has 0 saturated carbocycles. The molecule has 3 nitrogen and oxygen atoms in total. The second-order valence-corrected chi connectivity index (χ2v) is 8.36. The molecule has 0 rings (SSSR count). The van der Waals surface area contributed by atoms with Crippen molar-refractivity contribution in [3.05, 3.63) is 0 Å². The summed E-state index contributed by atoms with van der Waals surface area (Å²) < 4.78 is 22.7. The van der Waals surface area contributed by atoms with Crippen LogP contribution in [-0.4, -0.2) is 44.0 Å². The van der Waals surface area contributed by atoms with Gasteiger partial charge in [-0.1, -0.05) is 20.8 Å². The second-order valence-electron chi connectivity index (χ2n) is 4.42. The Morgan fingerprint density at radius 3 is 2.41 bits per heavy atom. The van der Waals surface area contributed by atoms with Gasteiger partial charge in [0.25, 0.3) is 0 Å². The molecule has 0 radical (unpaired) electrons. The zero-order valence-electron chi connectivity index (χ0n) is 11.5. The highest BCUT2D eigenvalue weighted by Gasteiger charge is 2.11. The molecule has 0 bridgehead atoms. The standard InChI is InChI=1S/C12H27NO2S2/c1-5-11(3)16-10-12(13-4)8-7-9-17(14,15)6-2/h11-13H,5-10H2,1-4H3. The molecule has 0 saturated heterocycles. The molecule has 17 heavy (non-hydrogen) atoms. The maximum absolute atomic E-state index is 11.4. The summed E-state index contributed by atoms with van der Waals surface area (Å²) >= 11 is 1.96. The van der Waals surface area contributed by atoms with Gasteiger partial charge in [0, 0.05) is 22.8 Å². The Morgan fingerprint density at radius 2 is 1.94 bits per heavy atom. The Hall–Kier alpha value is 0.260. The Bertz CT molecular complexity index is 278. The molecule has 0 fully saturated rings. The van der Waals surface area contributed by atoms with Crippen LogP contribution in [-0.2, 0) is 9.84 Å². The monoisotopic (exact) mass is 281 g/mol. The summed E-state index contributed by atoms with van der Waals surface area (Å²) in [6, 6.07) is 0.432. The van der Waals surface area contributed by atoms with Gasteiger partial charge in [0.2, 0.25) is 0 Å². The predicted molar refractivity (Wildman–Crippen MR) is 78.6 cm³/mol. The van der Waals surface area contributed by atoms with Crippen LogP contribution < -0.4 is 5.32 Å². The number of hydrogen-bond donors (Lipinski definition) is 1. The van der Waals surface area contributed by atoms with E-state index in [0.29, 0.717) is 17.0 Å². The highest BCUT2D eigenvalue weighted by molar-refractivity contribution is 7.99. The van der Waals surface area contributed by atoms with Crippen molar-refractivity contribution in [2.24, 2.45) is 0 Å². The van der Waals surface area contributed by atoms with Crippen molar-refractivity contribution in [1.82, 2.24) is 5.32 Å². The molecule has 0 aromatic carbocycles.